The molecule has 0 aliphatic carbocycles. The van der Waals surface area contributed by atoms with Gasteiger partial charge in [0.2, 0.25) is 5.91 Å². The van der Waals surface area contributed by atoms with Gasteiger partial charge in [-0.2, -0.15) is 0 Å². The number of carbonyl (C=O) groups is 1. The van der Waals surface area contributed by atoms with Crippen molar-refractivity contribution < 1.29 is 14.3 Å². The van der Waals surface area contributed by atoms with E-state index in [1.807, 2.05) is 13.0 Å². The summed E-state index contributed by atoms with van der Waals surface area (Å²) in [6, 6.07) is 3.48. The number of aliphatic hydroxyl groups is 1. The Hall–Kier alpha value is -1.29. The number of hydrogen-bond acceptors (Lipinski definition) is 3. The summed E-state index contributed by atoms with van der Waals surface area (Å²) in [5.41, 5.74) is 0. The molecule has 0 saturated heterocycles. The first-order valence-electron chi connectivity index (χ1n) is 5.10. The molecule has 1 aromatic heterocycles. The van der Waals surface area contributed by atoms with Crippen LogP contribution in [0.25, 0.3) is 0 Å². The molecule has 1 heterocycles. The molecule has 0 spiro atoms. The molecule has 0 saturated carbocycles. The van der Waals surface area contributed by atoms with Gasteiger partial charge in [-0.3, -0.25) is 4.79 Å². The number of carbonyl (C=O) groups excluding carboxylic acids is 1. The Bertz CT molecular complexity index is 293. The monoisotopic (exact) mass is 211 g/mol. The Kier molecular flexibility index (Phi) is 4.37. The lowest BCUT2D eigenvalue weighted by Crippen LogP contribution is -2.26. The molecule has 0 fully saturated rings. The van der Waals surface area contributed by atoms with Crippen LogP contribution < -0.4 is 5.32 Å². The molecule has 84 valence electrons. The molecule has 2 atom stereocenters. The van der Waals surface area contributed by atoms with Crippen molar-refractivity contribution in [1.29, 1.82) is 0 Å². The van der Waals surface area contributed by atoms with Gasteiger partial charge in [-0.15, -0.1) is 0 Å². The summed E-state index contributed by atoms with van der Waals surface area (Å²) in [4.78, 5) is 11.4. The summed E-state index contributed by atoms with van der Waals surface area (Å²) in [7, 11) is 0. The van der Waals surface area contributed by atoms with Gasteiger partial charge in [-0.25, -0.2) is 0 Å². The summed E-state index contributed by atoms with van der Waals surface area (Å²) in [5, 5.41) is 11.8. The molecule has 4 nitrogen and oxygen atoms in total. The third-order valence-electron chi connectivity index (χ3n) is 2.14. The number of amides is 1. The van der Waals surface area contributed by atoms with Gasteiger partial charge in [-0.05, 0) is 32.4 Å². The Balaban J connectivity index is 2.32. The van der Waals surface area contributed by atoms with Gasteiger partial charge in [-0.1, -0.05) is 0 Å². The van der Waals surface area contributed by atoms with E-state index in [2.05, 4.69) is 5.32 Å². The molecule has 15 heavy (non-hydrogen) atoms. The SMILES string of the molecule is CC(O)CCC(=O)N[C@H](C)c1ccco1. The molecule has 0 bridgehead atoms. The van der Waals surface area contributed by atoms with E-state index in [-0.39, 0.29) is 11.9 Å². The lowest BCUT2D eigenvalue weighted by molar-refractivity contribution is -0.122. The van der Waals surface area contributed by atoms with Crippen LogP contribution in [-0.2, 0) is 4.79 Å². The standard InChI is InChI=1S/C11H17NO3/c1-8(13)5-6-11(14)12-9(2)10-4-3-7-15-10/h3-4,7-9,13H,5-6H2,1-2H3,(H,12,14)/t8?,9-/m1/s1. The van der Waals surface area contributed by atoms with Crippen molar-refractivity contribution in [1.82, 2.24) is 5.32 Å². The number of aliphatic hydroxyl groups excluding tert-OH is 1. The first-order chi connectivity index (χ1) is 7.09. The van der Waals surface area contributed by atoms with E-state index in [0.717, 1.165) is 5.76 Å². The third kappa shape index (κ3) is 4.16. The van der Waals surface area contributed by atoms with Gasteiger partial charge in [0.1, 0.15) is 5.76 Å². The quantitative estimate of drug-likeness (QED) is 0.777. The van der Waals surface area contributed by atoms with Crippen LogP contribution in [0.2, 0.25) is 0 Å². The minimum absolute atomic E-state index is 0.0696. The number of rotatable bonds is 5. The lowest BCUT2D eigenvalue weighted by Gasteiger charge is -2.11. The zero-order valence-corrected chi connectivity index (χ0v) is 9.06. The van der Waals surface area contributed by atoms with E-state index in [1.165, 1.54) is 0 Å². The highest BCUT2D eigenvalue weighted by molar-refractivity contribution is 5.76. The molecule has 1 unspecified atom stereocenters. The summed E-state index contributed by atoms with van der Waals surface area (Å²) < 4.78 is 5.16. The Morgan fingerprint density at radius 3 is 2.87 bits per heavy atom. The minimum atomic E-state index is -0.435. The van der Waals surface area contributed by atoms with E-state index in [1.54, 1.807) is 19.3 Å². The van der Waals surface area contributed by atoms with E-state index in [4.69, 9.17) is 9.52 Å². The average molecular weight is 211 g/mol. The second-order valence-corrected chi connectivity index (χ2v) is 3.69. The van der Waals surface area contributed by atoms with Gasteiger partial charge in [0, 0.05) is 6.42 Å². The maximum absolute atomic E-state index is 11.4. The fourth-order valence-corrected chi connectivity index (χ4v) is 1.26. The van der Waals surface area contributed by atoms with E-state index >= 15 is 0 Å². The van der Waals surface area contributed by atoms with Gasteiger partial charge < -0.3 is 14.8 Å². The van der Waals surface area contributed by atoms with Crippen molar-refractivity contribution in [3.63, 3.8) is 0 Å². The van der Waals surface area contributed by atoms with Gasteiger partial charge in [0.25, 0.3) is 0 Å². The Morgan fingerprint density at radius 1 is 1.60 bits per heavy atom. The maximum Gasteiger partial charge on any atom is 0.220 e. The summed E-state index contributed by atoms with van der Waals surface area (Å²) in [6.45, 7) is 3.53. The predicted octanol–water partition coefficient (Wildman–Crippen LogP) is 1.62. The zero-order chi connectivity index (χ0) is 11.3. The first-order valence-corrected chi connectivity index (χ1v) is 5.10. The summed E-state index contributed by atoms with van der Waals surface area (Å²) in [6.07, 6.45) is 1.96. The van der Waals surface area contributed by atoms with Gasteiger partial charge in [0.15, 0.2) is 0 Å². The number of hydrogen-bond donors (Lipinski definition) is 2. The van der Waals surface area contributed by atoms with Crippen LogP contribution in [0, 0.1) is 0 Å². The topological polar surface area (TPSA) is 62.5 Å². The summed E-state index contributed by atoms with van der Waals surface area (Å²) >= 11 is 0. The molecule has 1 aromatic rings. The fourth-order valence-electron chi connectivity index (χ4n) is 1.26. The summed E-state index contributed by atoms with van der Waals surface area (Å²) in [5.74, 6) is 0.667. The molecule has 1 amide bonds. The first kappa shape index (κ1) is 11.8. The maximum atomic E-state index is 11.4. The van der Waals surface area contributed by atoms with Crippen LogP contribution in [0.4, 0.5) is 0 Å². The molecule has 0 radical (unpaired) electrons. The lowest BCUT2D eigenvalue weighted by atomic mass is 10.2. The van der Waals surface area contributed by atoms with Crippen molar-refractivity contribution >= 4 is 5.91 Å². The molecule has 0 aliphatic rings. The highest BCUT2D eigenvalue weighted by atomic mass is 16.3. The third-order valence-corrected chi connectivity index (χ3v) is 2.14. The van der Waals surface area contributed by atoms with Crippen LogP contribution in [-0.4, -0.2) is 17.1 Å². The van der Waals surface area contributed by atoms with Crippen LogP contribution in [0.1, 0.15) is 38.5 Å². The van der Waals surface area contributed by atoms with E-state index in [0.29, 0.717) is 12.8 Å². The highest BCUT2D eigenvalue weighted by Crippen LogP contribution is 2.12. The molecule has 0 aliphatic heterocycles. The van der Waals surface area contributed by atoms with E-state index in [9.17, 15) is 4.79 Å². The molecular weight excluding hydrogens is 194 g/mol. The molecule has 0 aromatic carbocycles. The Morgan fingerprint density at radius 2 is 2.33 bits per heavy atom. The van der Waals surface area contributed by atoms with Crippen molar-refractivity contribution in [2.24, 2.45) is 0 Å². The highest BCUT2D eigenvalue weighted by Gasteiger charge is 2.11. The molecule has 1 rings (SSSR count). The Labute approximate surface area is 89.3 Å². The normalized spacial score (nSPS) is 14.6. The van der Waals surface area contributed by atoms with Crippen LogP contribution in [0.3, 0.4) is 0 Å². The van der Waals surface area contributed by atoms with Gasteiger partial charge >= 0.3 is 0 Å². The van der Waals surface area contributed by atoms with Crippen molar-refractivity contribution in [3.8, 4) is 0 Å². The van der Waals surface area contributed by atoms with Gasteiger partial charge in [0.05, 0.1) is 18.4 Å². The zero-order valence-electron chi connectivity index (χ0n) is 9.06. The molecule has 4 heteroatoms. The molecule has 2 N–H and O–H groups in total. The average Bonchev–Trinajstić information content (AvgIpc) is 2.67. The van der Waals surface area contributed by atoms with Crippen LogP contribution in [0.5, 0.6) is 0 Å². The predicted molar refractivity (Wildman–Crippen MR) is 56.2 cm³/mol. The van der Waals surface area contributed by atoms with Crippen molar-refractivity contribution in [3.05, 3.63) is 24.2 Å². The minimum Gasteiger partial charge on any atom is -0.467 e. The largest absolute Gasteiger partial charge is 0.467 e. The van der Waals surface area contributed by atoms with Crippen LogP contribution in [0.15, 0.2) is 22.8 Å². The van der Waals surface area contributed by atoms with Crippen molar-refractivity contribution in [2.45, 2.75) is 38.8 Å². The smallest absolute Gasteiger partial charge is 0.220 e. The molecular formula is C11H17NO3. The second-order valence-electron chi connectivity index (χ2n) is 3.69. The van der Waals surface area contributed by atoms with Crippen LogP contribution >= 0.6 is 0 Å². The number of nitrogens with one attached hydrogen (secondary N) is 1. The fraction of sp³-hybridized carbons (Fsp3) is 0.545. The number of furan rings is 1. The second kappa shape index (κ2) is 5.56. The van der Waals surface area contributed by atoms with Crippen molar-refractivity contribution in [2.75, 3.05) is 0 Å². The van der Waals surface area contributed by atoms with E-state index < -0.39 is 6.10 Å².